The van der Waals surface area contributed by atoms with Gasteiger partial charge in [-0.3, -0.25) is 0 Å². The molecule has 0 fully saturated rings. The molecule has 0 atom stereocenters. The number of hydrogen-bond donors (Lipinski definition) is 1. The van der Waals surface area contributed by atoms with Gasteiger partial charge in [-0.2, -0.15) is 24.4 Å². The van der Waals surface area contributed by atoms with E-state index in [1.807, 2.05) is 17.8 Å². The monoisotopic (exact) mass is 148 g/mol. The Morgan fingerprint density at radius 1 is 1.62 bits per heavy atom. The third kappa shape index (κ3) is 6.44. The van der Waals surface area contributed by atoms with Gasteiger partial charge in [0.25, 0.3) is 0 Å². The number of hydrogen-bond acceptors (Lipinski definition) is 2. The smallest absolute Gasteiger partial charge is 0.0110 e. The third-order valence-electron chi connectivity index (χ3n) is 0.682. The minimum Gasteiger partial charge on any atom is -0.179 e. The fourth-order valence-electron chi connectivity index (χ4n) is 0.333. The number of thiol groups is 1. The van der Waals surface area contributed by atoms with Crippen molar-refractivity contribution in [1.82, 2.24) is 0 Å². The molecule has 0 heterocycles. The molecule has 2 heteroatoms. The summed E-state index contributed by atoms with van der Waals surface area (Å²) in [5, 5.41) is 0. The molecule has 0 amide bonds. The minimum atomic E-state index is 1.00. The van der Waals surface area contributed by atoms with Crippen LogP contribution >= 0.6 is 24.4 Å². The second-order valence-electron chi connectivity index (χ2n) is 1.44. The zero-order valence-electron chi connectivity index (χ0n) is 4.97. The van der Waals surface area contributed by atoms with Crippen molar-refractivity contribution in [1.29, 1.82) is 0 Å². The van der Waals surface area contributed by atoms with Crippen molar-refractivity contribution < 1.29 is 0 Å². The molecule has 0 aromatic carbocycles. The Kier molecular flexibility index (Phi) is 7.85. The first-order chi connectivity index (χ1) is 3.91. The summed E-state index contributed by atoms with van der Waals surface area (Å²) in [6.07, 6.45) is 3.14. The fraction of sp³-hybridized carbons (Fsp3) is 0.667. The molecule has 0 aromatic rings. The number of rotatable bonds is 5. The van der Waals surface area contributed by atoms with Gasteiger partial charge < -0.3 is 0 Å². The van der Waals surface area contributed by atoms with Crippen molar-refractivity contribution >= 4 is 24.4 Å². The lowest BCUT2D eigenvalue weighted by molar-refractivity contribution is 1.13. The molecule has 0 rings (SSSR count). The van der Waals surface area contributed by atoms with Crippen LogP contribution in [0, 0.1) is 0 Å². The molecule has 0 saturated carbocycles. The molecule has 0 N–H and O–H groups in total. The average molecular weight is 148 g/mol. The van der Waals surface area contributed by atoms with E-state index in [4.69, 9.17) is 0 Å². The van der Waals surface area contributed by atoms with Gasteiger partial charge in [0.15, 0.2) is 0 Å². The molecule has 0 nitrogen and oxygen atoms in total. The van der Waals surface area contributed by atoms with Crippen molar-refractivity contribution in [3.05, 3.63) is 12.7 Å². The highest BCUT2D eigenvalue weighted by molar-refractivity contribution is 7.99. The van der Waals surface area contributed by atoms with E-state index in [1.165, 1.54) is 12.2 Å². The quantitative estimate of drug-likeness (QED) is 0.354. The van der Waals surface area contributed by atoms with Gasteiger partial charge in [0.05, 0.1) is 0 Å². The number of thioether (sulfide) groups is 1. The van der Waals surface area contributed by atoms with E-state index >= 15 is 0 Å². The molecule has 0 aliphatic rings. The highest BCUT2D eigenvalue weighted by Gasteiger charge is 1.81. The largest absolute Gasteiger partial charge is 0.179 e. The van der Waals surface area contributed by atoms with Crippen molar-refractivity contribution in [2.45, 2.75) is 6.42 Å². The SMILES string of the molecule is C=CCSCCCS. The highest BCUT2D eigenvalue weighted by atomic mass is 32.2. The summed E-state index contributed by atoms with van der Waals surface area (Å²) in [6.45, 7) is 3.62. The molecule has 0 aliphatic carbocycles. The summed E-state index contributed by atoms with van der Waals surface area (Å²) in [7, 11) is 0. The van der Waals surface area contributed by atoms with Gasteiger partial charge in [-0.1, -0.05) is 6.08 Å². The van der Waals surface area contributed by atoms with Crippen LogP contribution < -0.4 is 0 Å². The first-order valence-electron chi connectivity index (χ1n) is 2.71. The van der Waals surface area contributed by atoms with Crippen LogP contribution in [0.25, 0.3) is 0 Å². The Labute approximate surface area is 61.2 Å². The molecule has 0 saturated heterocycles. The summed E-state index contributed by atoms with van der Waals surface area (Å²) >= 11 is 5.99. The van der Waals surface area contributed by atoms with Crippen molar-refractivity contribution in [2.24, 2.45) is 0 Å². The van der Waals surface area contributed by atoms with Crippen LogP contribution in [0.3, 0.4) is 0 Å². The first-order valence-corrected chi connectivity index (χ1v) is 4.50. The molecule has 48 valence electrons. The predicted molar refractivity (Wildman–Crippen MR) is 46.0 cm³/mol. The lowest BCUT2D eigenvalue weighted by atomic mass is 10.6. The molecule has 0 aromatic heterocycles. The van der Waals surface area contributed by atoms with E-state index in [0.29, 0.717) is 0 Å². The van der Waals surface area contributed by atoms with Gasteiger partial charge in [0, 0.05) is 5.75 Å². The van der Waals surface area contributed by atoms with Crippen LogP contribution in [0.2, 0.25) is 0 Å². The molecule has 8 heavy (non-hydrogen) atoms. The molecule has 0 aliphatic heterocycles. The molecular weight excluding hydrogens is 136 g/mol. The van der Waals surface area contributed by atoms with E-state index in [2.05, 4.69) is 19.2 Å². The van der Waals surface area contributed by atoms with Gasteiger partial charge >= 0.3 is 0 Å². The van der Waals surface area contributed by atoms with E-state index < -0.39 is 0 Å². The molecule has 0 radical (unpaired) electrons. The van der Waals surface area contributed by atoms with Crippen LogP contribution in [0.5, 0.6) is 0 Å². The van der Waals surface area contributed by atoms with Crippen LogP contribution in [0.4, 0.5) is 0 Å². The zero-order valence-corrected chi connectivity index (χ0v) is 6.68. The molecule has 0 spiro atoms. The summed E-state index contributed by atoms with van der Waals surface area (Å²) in [5.41, 5.74) is 0. The minimum absolute atomic E-state index is 1.00. The van der Waals surface area contributed by atoms with Crippen LogP contribution in [0.1, 0.15) is 6.42 Å². The van der Waals surface area contributed by atoms with Crippen molar-refractivity contribution in [3.63, 3.8) is 0 Å². The topological polar surface area (TPSA) is 0 Å². The second-order valence-corrected chi connectivity index (χ2v) is 3.04. The second kappa shape index (κ2) is 7.44. The maximum Gasteiger partial charge on any atom is 0.0110 e. The van der Waals surface area contributed by atoms with Gasteiger partial charge in [0.1, 0.15) is 0 Å². The van der Waals surface area contributed by atoms with E-state index in [9.17, 15) is 0 Å². The van der Waals surface area contributed by atoms with Crippen molar-refractivity contribution in [3.8, 4) is 0 Å². The fourth-order valence-corrected chi connectivity index (χ4v) is 1.39. The Morgan fingerprint density at radius 3 is 2.88 bits per heavy atom. The van der Waals surface area contributed by atoms with E-state index in [1.54, 1.807) is 0 Å². The first kappa shape index (κ1) is 8.44. The maximum absolute atomic E-state index is 4.08. The Hall–Kier alpha value is 0.440. The average Bonchev–Trinajstić information content (AvgIpc) is 1.81. The summed E-state index contributed by atoms with van der Waals surface area (Å²) in [5.74, 6) is 3.30. The Morgan fingerprint density at radius 2 is 2.38 bits per heavy atom. The lowest BCUT2D eigenvalue weighted by Crippen LogP contribution is -1.80. The van der Waals surface area contributed by atoms with Gasteiger partial charge in [-0.25, -0.2) is 0 Å². The van der Waals surface area contributed by atoms with Gasteiger partial charge in [-0.15, -0.1) is 6.58 Å². The normalized spacial score (nSPS) is 9.12. The Bertz CT molecular complexity index is 52.5. The van der Waals surface area contributed by atoms with Gasteiger partial charge in [-0.05, 0) is 17.9 Å². The zero-order chi connectivity index (χ0) is 6.24. The van der Waals surface area contributed by atoms with Crippen LogP contribution in [-0.2, 0) is 0 Å². The van der Waals surface area contributed by atoms with E-state index in [-0.39, 0.29) is 0 Å². The Balaban J connectivity index is 2.62. The predicted octanol–water partition coefficient (Wildman–Crippen LogP) is 2.23. The van der Waals surface area contributed by atoms with E-state index in [0.717, 1.165) is 11.5 Å². The van der Waals surface area contributed by atoms with Gasteiger partial charge in [0.2, 0.25) is 0 Å². The third-order valence-corrected chi connectivity index (χ3v) is 2.05. The summed E-state index contributed by atoms with van der Waals surface area (Å²) in [4.78, 5) is 0. The van der Waals surface area contributed by atoms with Crippen LogP contribution in [-0.4, -0.2) is 17.3 Å². The van der Waals surface area contributed by atoms with Crippen LogP contribution in [0.15, 0.2) is 12.7 Å². The lowest BCUT2D eigenvalue weighted by Gasteiger charge is -1.91. The molecule has 0 unspecified atom stereocenters. The maximum atomic E-state index is 4.08. The summed E-state index contributed by atoms with van der Waals surface area (Å²) < 4.78 is 0. The summed E-state index contributed by atoms with van der Waals surface area (Å²) in [6, 6.07) is 0. The molecular formula is C6H12S2. The molecule has 0 bridgehead atoms. The van der Waals surface area contributed by atoms with Crippen molar-refractivity contribution in [2.75, 3.05) is 17.3 Å². The standard InChI is InChI=1S/C6H12S2/c1-2-5-8-6-3-4-7/h2,7H,1,3-6H2. The highest BCUT2D eigenvalue weighted by Crippen LogP contribution is 2.01.